The number of piperazine rings is 1. The lowest BCUT2D eigenvalue weighted by Crippen LogP contribution is -2.51. The van der Waals surface area contributed by atoms with Crippen molar-refractivity contribution in [2.24, 2.45) is 0 Å². The van der Waals surface area contributed by atoms with Gasteiger partial charge in [0.05, 0.1) is 10.7 Å². The molecule has 8 heteroatoms. The predicted octanol–water partition coefficient (Wildman–Crippen LogP) is 1.00. The van der Waals surface area contributed by atoms with Gasteiger partial charge in [0, 0.05) is 13.1 Å². The average Bonchev–Trinajstić information content (AvgIpc) is 2.38. The number of aromatic carboxylic acids is 1. The molecule has 1 aromatic carbocycles. The van der Waals surface area contributed by atoms with Crippen LogP contribution in [0.2, 0.25) is 5.02 Å². The number of carboxylic acids is 1. The van der Waals surface area contributed by atoms with Crippen molar-refractivity contribution in [3.05, 3.63) is 28.8 Å². The first-order valence-electron chi connectivity index (χ1n) is 5.83. The SMILES string of the molecule is O=C1CN(C(=O)Nc2cccc(Cl)c2C(=O)O)CCN1. The third kappa shape index (κ3) is 3.00. The van der Waals surface area contributed by atoms with Crippen LogP contribution in [-0.2, 0) is 4.79 Å². The molecule has 20 heavy (non-hydrogen) atoms. The van der Waals surface area contributed by atoms with E-state index >= 15 is 0 Å². The molecule has 0 aromatic heterocycles. The molecule has 2 rings (SSSR count). The van der Waals surface area contributed by atoms with Crippen molar-refractivity contribution < 1.29 is 19.5 Å². The van der Waals surface area contributed by atoms with Crippen LogP contribution >= 0.6 is 11.6 Å². The van der Waals surface area contributed by atoms with Gasteiger partial charge >= 0.3 is 12.0 Å². The van der Waals surface area contributed by atoms with E-state index in [1.165, 1.54) is 23.1 Å². The van der Waals surface area contributed by atoms with Crippen molar-refractivity contribution >= 4 is 35.2 Å². The van der Waals surface area contributed by atoms with Gasteiger partial charge in [0.15, 0.2) is 0 Å². The Morgan fingerprint density at radius 2 is 2.15 bits per heavy atom. The van der Waals surface area contributed by atoms with Crippen molar-refractivity contribution in [2.75, 3.05) is 25.0 Å². The summed E-state index contributed by atoms with van der Waals surface area (Å²) in [5.41, 5.74) is -0.0787. The molecule has 0 saturated carbocycles. The molecule has 0 atom stereocenters. The Balaban J connectivity index is 2.17. The maximum absolute atomic E-state index is 12.0. The van der Waals surface area contributed by atoms with E-state index in [2.05, 4.69) is 10.6 Å². The van der Waals surface area contributed by atoms with Gasteiger partial charge in [-0.15, -0.1) is 0 Å². The number of hydrogen-bond acceptors (Lipinski definition) is 3. The van der Waals surface area contributed by atoms with Crippen LogP contribution < -0.4 is 10.6 Å². The molecule has 1 saturated heterocycles. The number of benzene rings is 1. The molecule has 0 radical (unpaired) electrons. The Labute approximate surface area is 119 Å². The molecule has 0 aliphatic carbocycles. The van der Waals surface area contributed by atoms with Crippen LogP contribution in [0.25, 0.3) is 0 Å². The number of rotatable bonds is 2. The van der Waals surface area contributed by atoms with Crippen molar-refractivity contribution in [2.45, 2.75) is 0 Å². The molecular formula is C12H12ClN3O4. The highest BCUT2D eigenvalue weighted by Gasteiger charge is 2.23. The van der Waals surface area contributed by atoms with E-state index < -0.39 is 12.0 Å². The number of nitrogens with zero attached hydrogens (tertiary/aromatic N) is 1. The van der Waals surface area contributed by atoms with E-state index in [0.29, 0.717) is 13.1 Å². The Kier molecular flexibility index (Phi) is 4.09. The highest BCUT2D eigenvalue weighted by Crippen LogP contribution is 2.24. The smallest absolute Gasteiger partial charge is 0.339 e. The van der Waals surface area contributed by atoms with Gasteiger partial charge in [0.2, 0.25) is 5.91 Å². The molecular weight excluding hydrogens is 286 g/mol. The van der Waals surface area contributed by atoms with Crippen LogP contribution in [0.3, 0.4) is 0 Å². The topological polar surface area (TPSA) is 98.7 Å². The highest BCUT2D eigenvalue weighted by atomic mass is 35.5. The number of hydrogen-bond donors (Lipinski definition) is 3. The van der Waals surface area contributed by atoms with E-state index in [9.17, 15) is 14.4 Å². The number of halogens is 1. The van der Waals surface area contributed by atoms with Crippen LogP contribution in [0.4, 0.5) is 10.5 Å². The molecule has 0 spiro atoms. The van der Waals surface area contributed by atoms with Gasteiger partial charge in [-0.05, 0) is 12.1 Å². The second-order valence-corrected chi connectivity index (χ2v) is 4.58. The van der Waals surface area contributed by atoms with Crippen molar-refractivity contribution in [1.29, 1.82) is 0 Å². The van der Waals surface area contributed by atoms with Crippen molar-refractivity contribution in [3.63, 3.8) is 0 Å². The molecule has 3 N–H and O–H groups in total. The number of carbonyl (C=O) groups excluding carboxylic acids is 2. The lowest BCUT2D eigenvalue weighted by atomic mass is 10.2. The largest absolute Gasteiger partial charge is 0.478 e. The summed E-state index contributed by atoms with van der Waals surface area (Å²) in [5.74, 6) is -1.49. The molecule has 7 nitrogen and oxygen atoms in total. The summed E-state index contributed by atoms with van der Waals surface area (Å²) in [6, 6.07) is 3.86. The van der Waals surface area contributed by atoms with Gasteiger partial charge in [-0.25, -0.2) is 9.59 Å². The average molecular weight is 298 g/mol. The van der Waals surface area contributed by atoms with Gasteiger partial charge in [0.1, 0.15) is 12.1 Å². The molecule has 3 amide bonds. The summed E-state index contributed by atoms with van der Waals surface area (Å²) >= 11 is 5.81. The summed E-state index contributed by atoms with van der Waals surface area (Å²) in [7, 11) is 0. The van der Waals surface area contributed by atoms with Crippen LogP contribution in [-0.4, -0.2) is 47.5 Å². The minimum atomic E-state index is -1.23. The second kappa shape index (κ2) is 5.79. The third-order valence-electron chi connectivity index (χ3n) is 2.79. The van der Waals surface area contributed by atoms with Gasteiger partial charge in [-0.1, -0.05) is 17.7 Å². The van der Waals surface area contributed by atoms with Crippen LogP contribution in [0.5, 0.6) is 0 Å². The zero-order valence-corrected chi connectivity index (χ0v) is 11.1. The Morgan fingerprint density at radius 1 is 1.40 bits per heavy atom. The van der Waals surface area contributed by atoms with E-state index in [1.807, 2.05) is 0 Å². The maximum atomic E-state index is 12.0. The summed E-state index contributed by atoms with van der Waals surface area (Å²) in [6.45, 7) is 0.670. The number of anilines is 1. The first-order chi connectivity index (χ1) is 9.49. The van der Waals surface area contributed by atoms with Gasteiger partial charge in [-0.2, -0.15) is 0 Å². The van der Waals surface area contributed by atoms with Crippen LogP contribution in [0.15, 0.2) is 18.2 Å². The first kappa shape index (κ1) is 14.1. The van der Waals surface area contributed by atoms with E-state index in [1.54, 1.807) is 0 Å². The number of amides is 3. The standard InChI is InChI=1S/C12H12ClN3O4/c13-7-2-1-3-8(10(7)11(18)19)15-12(20)16-5-4-14-9(17)6-16/h1-3H,4-6H2,(H,14,17)(H,15,20)(H,18,19). The summed E-state index contributed by atoms with van der Waals surface area (Å²) in [4.78, 5) is 35.6. The minimum absolute atomic E-state index is 0.0340. The lowest BCUT2D eigenvalue weighted by Gasteiger charge is -2.27. The minimum Gasteiger partial charge on any atom is -0.478 e. The Morgan fingerprint density at radius 3 is 2.80 bits per heavy atom. The maximum Gasteiger partial charge on any atom is 0.339 e. The third-order valence-corrected chi connectivity index (χ3v) is 3.11. The second-order valence-electron chi connectivity index (χ2n) is 4.17. The zero-order chi connectivity index (χ0) is 14.7. The predicted molar refractivity (Wildman–Crippen MR) is 72.0 cm³/mol. The Bertz CT molecular complexity index is 576. The van der Waals surface area contributed by atoms with E-state index in [4.69, 9.17) is 16.7 Å². The molecule has 1 fully saturated rings. The molecule has 0 unspecified atom stereocenters. The Hall–Kier alpha value is -2.28. The zero-order valence-electron chi connectivity index (χ0n) is 10.4. The number of nitrogens with one attached hydrogen (secondary N) is 2. The molecule has 1 aliphatic rings. The van der Waals surface area contributed by atoms with Crippen LogP contribution in [0.1, 0.15) is 10.4 Å². The summed E-state index contributed by atoms with van der Waals surface area (Å²) in [6.07, 6.45) is 0. The quantitative estimate of drug-likeness (QED) is 0.758. The fourth-order valence-electron chi connectivity index (χ4n) is 1.85. The number of carboxylic acid groups (broad SMARTS) is 1. The van der Waals surface area contributed by atoms with Crippen LogP contribution in [0, 0.1) is 0 Å². The van der Waals surface area contributed by atoms with E-state index in [-0.39, 0.29) is 28.7 Å². The first-order valence-corrected chi connectivity index (χ1v) is 6.21. The molecule has 1 aliphatic heterocycles. The summed E-state index contributed by atoms with van der Waals surface area (Å²) in [5, 5.41) is 14.2. The number of carbonyl (C=O) groups is 3. The van der Waals surface area contributed by atoms with Gasteiger partial charge in [0.25, 0.3) is 0 Å². The van der Waals surface area contributed by atoms with Crippen molar-refractivity contribution in [3.8, 4) is 0 Å². The molecule has 0 bridgehead atoms. The normalized spacial score (nSPS) is 14.7. The molecule has 1 aromatic rings. The van der Waals surface area contributed by atoms with Gasteiger partial charge in [-0.3, -0.25) is 4.79 Å². The molecule has 1 heterocycles. The lowest BCUT2D eigenvalue weighted by molar-refractivity contribution is -0.123. The molecule has 106 valence electrons. The highest BCUT2D eigenvalue weighted by molar-refractivity contribution is 6.34. The number of urea groups is 1. The van der Waals surface area contributed by atoms with Gasteiger partial charge < -0.3 is 20.6 Å². The fourth-order valence-corrected chi connectivity index (χ4v) is 2.11. The summed E-state index contributed by atoms with van der Waals surface area (Å²) < 4.78 is 0. The fraction of sp³-hybridized carbons (Fsp3) is 0.250. The van der Waals surface area contributed by atoms with E-state index in [0.717, 1.165) is 0 Å². The van der Waals surface area contributed by atoms with Crippen molar-refractivity contribution in [1.82, 2.24) is 10.2 Å². The monoisotopic (exact) mass is 297 g/mol.